The van der Waals surface area contributed by atoms with Gasteiger partial charge >= 0.3 is 0 Å². The molecule has 0 aliphatic heterocycles. The van der Waals surface area contributed by atoms with E-state index in [9.17, 15) is 14.4 Å². The maximum Gasteiger partial charge on any atom is 0.272 e. The molecule has 9 heteroatoms. The predicted octanol–water partition coefficient (Wildman–Crippen LogP) is 8.02. The van der Waals surface area contributed by atoms with Crippen molar-refractivity contribution in [1.82, 2.24) is 5.32 Å². The molecule has 0 heterocycles. The number of carbonyl (C=O) groups excluding carboxylic acids is 3. The highest BCUT2D eigenvalue weighted by atomic mass is 79.9. The second-order valence-corrected chi connectivity index (χ2v) is 11.5. The lowest BCUT2D eigenvalue weighted by Gasteiger charge is -2.16. The molecule has 3 N–H and O–H groups in total. The van der Waals surface area contributed by atoms with Gasteiger partial charge in [-0.3, -0.25) is 14.4 Å². The molecule has 0 saturated carbocycles. The Bertz CT molecular complexity index is 1580. The molecule has 6 nitrogen and oxygen atoms in total. The van der Waals surface area contributed by atoms with Crippen molar-refractivity contribution in [1.29, 1.82) is 0 Å². The van der Waals surface area contributed by atoms with Crippen LogP contribution in [0.2, 0.25) is 5.02 Å². The zero-order valence-electron chi connectivity index (χ0n) is 22.1. The second-order valence-electron chi connectivity index (χ2n) is 8.90. The third-order valence-corrected chi connectivity index (χ3v) is 8.14. The van der Waals surface area contributed by atoms with Crippen LogP contribution in [0.3, 0.4) is 0 Å². The summed E-state index contributed by atoms with van der Waals surface area (Å²) in [5, 5.41) is 8.72. The SMILES string of the molecule is CCC(Sc1cccc(NC(=O)/C(=C/c2cccc(Cl)c2)NC(=O)c2ccccc2)c1)C(=O)Nc1ccccc1Br. The summed E-state index contributed by atoms with van der Waals surface area (Å²) in [7, 11) is 0. The molecule has 0 fully saturated rings. The van der Waals surface area contributed by atoms with Crippen LogP contribution in [0.4, 0.5) is 11.4 Å². The van der Waals surface area contributed by atoms with Gasteiger partial charge in [-0.15, -0.1) is 11.8 Å². The average molecular weight is 649 g/mol. The summed E-state index contributed by atoms with van der Waals surface area (Å²) in [5.41, 5.74) is 2.35. The van der Waals surface area contributed by atoms with E-state index in [0.717, 1.165) is 9.37 Å². The first-order valence-corrected chi connectivity index (χ1v) is 14.8. The molecule has 4 aromatic rings. The molecule has 1 unspecified atom stereocenters. The maximum absolute atomic E-state index is 13.4. The van der Waals surface area contributed by atoms with Crippen LogP contribution in [0, 0.1) is 0 Å². The Morgan fingerprint density at radius 1 is 0.878 bits per heavy atom. The summed E-state index contributed by atoms with van der Waals surface area (Å²) in [6, 6.07) is 30.3. The monoisotopic (exact) mass is 647 g/mol. The van der Waals surface area contributed by atoms with Crippen LogP contribution in [-0.2, 0) is 9.59 Å². The van der Waals surface area contributed by atoms with Crippen molar-refractivity contribution < 1.29 is 14.4 Å². The number of anilines is 2. The summed E-state index contributed by atoms with van der Waals surface area (Å²) in [4.78, 5) is 40.1. The van der Waals surface area contributed by atoms with Gasteiger partial charge in [0.25, 0.3) is 11.8 Å². The van der Waals surface area contributed by atoms with Gasteiger partial charge in [0.05, 0.1) is 10.9 Å². The minimum atomic E-state index is -0.505. The lowest BCUT2D eigenvalue weighted by Crippen LogP contribution is -2.30. The number of benzene rings is 4. The normalized spacial score (nSPS) is 11.8. The van der Waals surface area contributed by atoms with Crippen LogP contribution in [-0.4, -0.2) is 23.0 Å². The summed E-state index contributed by atoms with van der Waals surface area (Å²) in [5.74, 6) is -1.04. The number of para-hydroxylation sites is 1. The topological polar surface area (TPSA) is 87.3 Å². The van der Waals surface area contributed by atoms with Gasteiger partial charge in [0.2, 0.25) is 5.91 Å². The molecular weight excluding hydrogens is 622 g/mol. The zero-order valence-corrected chi connectivity index (χ0v) is 25.2. The number of carbonyl (C=O) groups is 3. The molecule has 208 valence electrons. The second kappa shape index (κ2) is 14.7. The fraction of sp³-hybridized carbons (Fsp3) is 0.0938. The smallest absolute Gasteiger partial charge is 0.272 e. The van der Waals surface area contributed by atoms with E-state index in [-0.39, 0.29) is 16.9 Å². The molecule has 41 heavy (non-hydrogen) atoms. The van der Waals surface area contributed by atoms with Crippen LogP contribution in [0.5, 0.6) is 0 Å². The van der Waals surface area contributed by atoms with Gasteiger partial charge in [-0.2, -0.15) is 0 Å². The molecule has 0 saturated heterocycles. The lowest BCUT2D eigenvalue weighted by atomic mass is 10.1. The van der Waals surface area contributed by atoms with E-state index in [1.54, 1.807) is 72.8 Å². The molecule has 0 bridgehead atoms. The first kappa shape index (κ1) is 30.1. The standard InChI is InChI=1S/C32H27BrClN3O3S/c1-2-29(32(40)36-27-17-7-6-16-26(27)33)41-25-15-9-14-24(20-25)35-31(39)28(19-21-10-8-13-23(34)18-21)37-30(38)22-11-4-3-5-12-22/h3-20,29H,2H2,1H3,(H,35,39)(H,36,40)(H,37,38)/b28-19-. The zero-order chi connectivity index (χ0) is 29.2. The third kappa shape index (κ3) is 8.82. The molecule has 0 aromatic heterocycles. The number of hydrogen-bond donors (Lipinski definition) is 3. The van der Waals surface area contributed by atoms with Crippen molar-refractivity contribution in [2.24, 2.45) is 0 Å². The highest BCUT2D eigenvalue weighted by molar-refractivity contribution is 9.10. The van der Waals surface area contributed by atoms with Crippen molar-refractivity contribution in [3.05, 3.63) is 129 Å². The minimum absolute atomic E-state index is 0.0541. The molecule has 0 aliphatic rings. The Hall–Kier alpha value is -3.85. The highest BCUT2D eigenvalue weighted by Crippen LogP contribution is 2.30. The summed E-state index contributed by atoms with van der Waals surface area (Å²) in [6.07, 6.45) is 2.18. The van der Waals surface area contributed by atoms with Crippen molar-refractivity contribution in [2.45, 2.75) is 23.5 Å². The minimum Gasteiger partial charge on any atom is -0.324 e. The van der Waals surface area contributed by atoms with Crippen LogP contribution < -0.4 is 16.0 Å². The number of amides is 3. The van der Waals surface area contributed by atoms with Gasteiger partial charge in [-0.05, 0) is 88.6 Å². The predicted molar refractivity (Wildman–Crippen MR) is 171 cm³/mol. The van der Waals surface area contributed by atoms with Gasteiger partial charge in [0.1, 0.15) is 5.70 Å². The van der Waals surface area contributed by atoms with E-state index in [4.69, 9.17) is 11.6 Å². The molecule has 4 rings (SSSR count). The van der Waals surface area contributed by atoms with Crippen LogP contribution in [0.1, 0.15) is 29.3 Å². The van der Waals surface area contributed by atoms with Crippen molar-refractivity contribution in [2.75, 3.05) is 10.6 Å². The van der Waals surface area contributed by atoms with Gasteiger partial charge in [0.15, 0.2) is 0 Å². The molecular formula is C32H27BrClN3O3S. The third-order valence-electron chi connectivity index (χ3n) is 5.85. The van der Waals surface area contributed by atoms with E-state index < -0.39 is 11.8 Å². The van der Waals surface area contributed by atoms with E-state index >= 15 is 0 Å². The fourth-order valence-corrected chi connectivity index (χ4v) is 5.41. The maximum atomic E-state index is 13.4. The van der Waals surface area contributed by atoms with E-state index in [0.29, 0.717) is 33.9 Å². The Morgan fingerprint density at radius 3 is 2.34 bits per heavy atom. The van der Waals surface area contributed by atoms with E-state index in [1.807, 2.05) is 43.3 Å². The van der Waals surface area contributed by atoms with Crippen LogP contribution in [0.15, 0.2) is 118 Å². The highest BCUT2D eigenvalue weighted by Gasteiger charge is 2.20. The van der Waals surface area contributed by atoms with Crippen LogP contribution >= 0.6 is 39.3 Å². The number of rotatable bonds is 10. The molecule has 0 spiro atoms. The summed E-state index contributed by atoms with van der Waals surface area (Å²) in [6.45, 7) is 1.95. The largest absolute Gasteiger partial charge is 0.324 e. The number of nitrogens with one attached hydrogen (secondary N) is 3. The Balaban J connectivity index is 1.50. The Labute approximate surface area is 256 Å². The summed E-state index contributed by atoms with van der Waals surface area (Å²) < 4.78 is 0.805. The van der Waals surface area contributed by atoms with Gasteiger partial charge in [-0.1, -0.05) is 67.1 Å². The Kier molecular flexibility index (Phi) is 10.8. The average Bonchev–Trinajstić information content (AvgIpc) is 2.97. The first-order chi connectivity index (χ1) is 19.8. The fourth-order valence-electron chi connectivity index (χ4n) is 3.81. The van der Waals surface area contributed by atoms with E-state index in [2.05, 4.69) is 31.9 Å². The molecule has 0 aliphatic carbocycles. The van der Waals surface area contributed by atoms with Gasteiger partial charge in [-0.25, -0.2) is 0 Å². The molecule has 3 amide bonds. The molecule has 0 radical (unpaired) electrons. The van der Waals surface area contributed by atoms with Crippen molar-refractivity contribution >= 4 is 74.5 Å². The van der Waals surface area contributed by atoms with Crippen LogP contribution in [0.25, 0.3) is 6.08 Å². The number of thioether (sulfide) groups is 1. The van der Waals surface area contributed by atoms with E-state index in [1.165, 1.54) is 11.8 Å². The molecule has 1 atom stereocenters. The lowest BCUT2D eigenvalue weighted by molar-refractivity contribution is -0.116. The van der Waals surface area contributed by atoms with Crippen molar-refractivity contribution in [3.63, 3.8) is 0 Å². The number of hydrogen-bond acceptors (Lipinski definition) is 4. The van der Waals surface area contributed by atoms with Gasteiger partial charge < -0.3 is 16.0 Å². The first-order valence-electron chi connectivity index (χ1n) is 12.8. The summed E-state index contributed by atoms with van der Waals surface area (Å²) >= 11 is 11.0. The van der Waals surface area contributed by atoms with Gasteiger partial charge in [0, 0.05) is 25.6 Å². The Morgan fingerprint density at radius 2 is 1.61 bits per heavy atom. The van der Waals surface area contributed by atoms with Crippen molar-refractivity contribution in [3.8, 4) is 0 Å². The quantitative estimate of drug-likeness (QED) is 0.120. The molecule has 4 aromatic carbocycles. The number of halogens is 2.